The zero-order valence-electron chi connectivity index (χ0n) is 16.8. The Hall–Kier alpha value is -2.53. The van der Waals surface area contributed by atoms with Crippen molar-refractivity contribution in [2.75, 3.05) is 32.2 Å². The molecule has 0 aliphatic carbocycles. The molecule has 0 aromatic heterocycles. The van der Waals surface area contributed by atoms with Crippen molar-refractivity contribution in [3.63, 3.8) is 0 Å². The molecule has 0 radical (unpaired) electrons. The van der Waals surface area contributed by atoms with Crippen molar-refractivity contribution in [2.45, 2.75) is 38.8 Å². The first-order valence-electron chi connectivity index (χ1n) is 10.1. The molecule has 1 aliphatic heterocycles. The molecule has 1 aliphatic rings. The number of benzene rings is 2. The fourth-order valence-electron chi connectivity index (χ4n) is 3.45. The number of anilines is 1. The molecule has 0 saturated heterocycles. The number of carbonyl (C=O) groups is 1. The molecule has 2 aromatic rings. The zero-order chi connectivity index (χ0) is 19.8. The fourth-order valence-corrected chi connectivity index (χ4v) is 3.45. The van der Waals surface area contributed by atoms with Crippen molar-refractivity contribution in [3.05, 3.63) is 59.7 Å². The minimum absolute atomic E-state index is 0.0512. The van der Waals surface area contributed by atoms with Gasteiger partial charge in [0, 0.05) is 25.9 Å². The number of para-hydroxylation sites is 1. The molecule has 5 nitrogen and oxygen atoms in total. The van der Waals surface area contributed by atoms with Crippen LogP contribution < -0.4 is 10.1 Å². The van der Waals surface area contributed by atoms with Gasteiger partial charge in [0.15, 0.2) is 0 Å². The third-order valence-electron chi connectivity index (χ3n) is 4.98. The molecule has 0 bridgehead atoms. The summed E-state index contributed by atoms with van der Waals surface area (Å²) in [5.41, 5.74) is 2.63. The Balaban J connectivity index is 1.76. The lowest BCUT2D eigenvalue weighted by atomic mass is 10.0. The summed E-state index contributed by atoms with van der Waals surface area (Å²) in [5, 5.41) is 3.52. The molecule has 1 N–H and O–H groups in total. The quantitative estimate of drug-likeness (QED) is 0.596. The number of rotatable bonds is 10. The summed E-state index contributed by atoms with van der Waals surface area (Å²) >= 11 is 0. The summed E-state index contributed by atoms with van der Waals surface area (Å²) in [4.78, 5) is 15.0. The van der Waals surface area contributed by atoms with Gasteiger partial charge in [-0.05, 0) is 42.7 Å². The van der Waals surface area contributed by atoms with Crippen LogP contribution >= 0.6 is 0 Å². The van der Waals surface area contributed by atoms with Crippen molar-refractivity contribution in [3.8, 4) is 5.75 Å². The van der Waals surface area contributed by atoms with E-state index in [-0.39, 0.29) is 12.1 Å². The van der Waals surface area contributed by atoms with Crippen LogP contribution in [0.4, 0.5) is 5.69 Å². The van der Waals surface area contributed by atoms with Gasteiger partial charge in [0.25, 0.3) is 5.91 Å². The number of fused-ring (bicyclic) bond motifs is 1. The van der Waals surface area contributed by atoms with Crippen molar-refractivity contribution in [1.82, 2.24) is 4.90 Å². The first kappa shape index (κ1) is 20.2. The summed E-state index contributed by atoms with van der Waals surface area (Å²) in [7, 11) is 1.68. The largest absolute Gasteiger partial charge is 0.494 e. The normalized spacial score (nSPS) is 15.9. The van der Waals surface area contributed by atoms with E-state index in [9.17, 15) is 4.79 Å². The number of carbonyl (C=O) groups excluding carboxylic acids is 1. The average Bonchev–Trinajstić information content (AvgIpc) is 2.73. The molecule has 0 fully saturated rings. The lowest BCUT2D eigenvalue weighted by Crippen LogP contribution is -2.43. The van der Waals surface area contributed by atoms with Gasteiger partial charge >= 0.3 is 0 Å². The second kappa shape index (κ2) is 10.1. The van der Waals surface area contributed by atoms with E-state index in [0.717, 1.165) is 36.4 Å². The van der Waals surface area contributed by atoms with Crippen molar-refractivity contribution in [1.29, 1.82) is 0 Å². The molecule has 5 heteroatoms. The van der Waals surface area contributed by atoms with E-state index >= 15 is 0 Å². The molecule has 1 atom stereocenters. The van der Waals surface area contributed by atoms with Crippen LogP contribution in [0.25, 0.3) is 0 Å². The van der Waals surface area contributed by atoms with Crippen LogP contribution in [0.2, 0.25) is 0 Å². The first-order valence-corrected chi connectivity index (χ1v) is 10.1. The Morgan fingerprint density at radius 2 is 1.79 bits per heavy atom. The lowest BCUT2D eigenvalue weighted by Gasteiger charge is -2.38. The summed E-state index contributed by atoms with van der Waals surface area (Å²) in [6.45, 7) is 4.18. The van der Waals surface area contributed by atoms with E-state index in [0.29, 0.717) is 18.7 Å². The Labute approximate surface area is 167 Å². The van der Waals surface area contributed by atoms with Gasteiger partial charge < -0.3 is 19.7 Å². The molecule has 1 amide bonds. The summed E-state index contributed by atoms with van der Waals surface area (Å²) in [5.74, 6) is 0.920. The SMILES string of the molecule is CCCCCOc1ccc(C2Nc3ccccc3C(=O)N2CCCOC)cc1. The van der Waals surface area contributed by atoms with Gasteiger partial charge in [0.1, 0.15) is 11.9 Å². The molecule has 28 heavy (non-hydrogen) atoms. The van der Waals surface area contributed by atoms with Crippen LogP contribution in [0.5, 0.6) is 5.75 Å². The number of unbranched alkanes of at least 4 members (excludes halogenated alkanes) is 2. The van der Waals surface area contributed by atoms with E-state index in [4.69, 9.17) is 9.47 Å². The van der Waals surface area contributed by atoms with Crippen LogP contribution in [0.3, 0.4) is 0 Å². The number of ether oxygens (including phenoxy) is 2. The highest BCUT2D eigenvalue weighted by Crippen LogP contribution is 2.33. The summed E-state index contributed by atoms with van der Waals surface area (Å²) in [6, 6.07) is 15.7. The van der Waals surface area contributed by atoms with E-state index in [1.165, 1.54) is 12.8 Å². The second-order valence-electron chi connectivity index (χ2n) is 7.06. The molecule has 1 unspecified atom stereocenters. The Kier molecular flexibility index (Phi) is 7.31. The molecule has 3 rings (SSSR count). The summed E-state index contributed by atoms with van der Waals surface area (Å²) in [6.07, 6.45) is 4.03. The lowest BCUT2D eigenvalue weighted by molar-refractivity contribution is 0.0660. The van der Waals surface area contributed by atoms with E-state index in [1.54, 1.807) is 7.11 Å². The number of methoxy groups -OCH3 is 1. The maximum Gasteiger partial charge on any atom is 0.257 e. The highest BCUT2D eigenvalue weighted by Gasteiger charge is 2.32. The topological polar surface area (TPSA) is 50.8 Å². The van der Waals surface area contributed by atoms with E-state index < -0.39 is 0 Å². The van der Waals surface area contributed by atoms with Gasteiger partial charge in [-0.15, -0.1) is 0 Å². The van der Waals surface area contributed by atoms with Crippen LogP contribution in [-0.2, 0) is 4.74 Å². The predicted octanol–water partition coefficient (Wildman–Crippen LogP) is 4.86. The van der Waals surface area contributed by atoms with E-state index in [1.807, 2.05) is 53.4 Å². The first-order chi connectivity index (χ1) is 13.7. The molecule has 150 valence electrons. The standard InChI is InChI=1S/C23H30N2O3/c1-3-4-7-17-28-19-13-11-18(12-14-19)22-24-21-10-6-5-9-20(21)23(26)25(22)15-8-16-27-2/h5-6,9-14,22,24H,3-4,7-8,15-17H2,1-2H3. The van der Waals surface area contributed by atoms with Gasteiger partial charge in [-0.2, -0.15) is 0 Å². The fraction of sp³-hybridized carbons (Fsp3) is 0.435. The number of nitrogens with one attached hydrogen (secondary N) is 1. The van der Waals surface area contributed by atoms with Crippen molar-refractivity contribution in [2.24, 2.45) is 0 Å². The Morgan fingerprint density at radius 1 is 1.00 bits per heavy atom. The third kappa shape index (κ3) is 4.84. The zero-order valence-corrected chi connectivity index (χ0v) is 16.8. The molecule has 0 saturated carbocycles. The van der Waals surface area contributed by atoms with Crippen molar-refractivity contribution >= 4 is 11.6 Å². The third-order valence-corrected chi connectivity index (χ3v) is 4.98. The number of hydrogen-bond acceptors (Lipinski definition) is 4. The predicted molar refractivity (Wildman–Crippen MR) is 112 cm³/mol. The maximum atomic E-state index is 13.1. The maximum absolute atomic E-state index is 13.1. The summed E-state index contributed by atoms with van der Waals surface area (Å²) < 4.78 is 11.0. The minimum Gasteiger partial charge on any atom is -0.494 e. The van der Waals surface area contributed by atoms with Crippen LogP contribution in [0, 0.1) is 0 Å². The van der Waals surface area contributed by atoms with Gasteiger partial charge in [0.2, 0.25) is 0 Å². The van der Waals surface area contributed by atoms with Crippen LogP contribution in [0.15, 0.2) is 48.5 Å². The van der Waals surface area contributed by atoms with Gasteiger partial charge in [-0.25, -0.2) is 0 Å². The average molecular weight is 383 g/mol. The second-order valence-corrected chi connectivity index (χ2v) is 7.06. The smallest absolute Gasteiger partial charge is 0.257 e. The van der Waals surface area contributed by atoms with Crippen LogP contribution in [0.1, 0.15) is 54.7 Å². The van der Waals surface area contributed by atoms with Gasteiger partial charge in [0.05, 0.1) is 12.2 Å². The highest BCUT2D eigenvalue weighted by atomic mass is 16.5. The molecule has 1 heterocycles. The van der Waals surface area contributed by atoms with Crippen molar-refractivity contribution < 1.29 is 14.3 Å². The molecular weight excluding hydrogens is 352 g/mol. The van der Waals surface area contributed by atoms with E-state index in [2.05, 4.69) is 12.2 Å². The Bertz CT molecular complexity index is 761. The molecular formula is C23H30N2O3. The Morgan fingerprint density at radius 3 is 2.54 bits per heavy atom. The van der Waals surface area contributed by atoms with Gasteiger partial charge in [-0.1, -0.05) is 44.0 Å². The number of hydrogen-bond donors (Lipinski definition) is 1. The molecule has 2 aromatic carbocycles. The van der Waals surface area contributed by atoms with Crippen LogP contribution in [-0.4, -0.2) is 37.7 Å². The number of amides is 1. The monoisotopic (exact) mass is 382 g/mol. The molecule has 0 spiro atoms. The number of nitrogens with zero attached hydrogens (tertiary/aromatic N) is 1. The van der Waals surface area contributed by atoms with Gasteiger partial charge in [-0.3, -0.25) is 4.79 Å². The minimum atomic E-state index is -0.201. The highest BCUT2D eigenvalue weighted by molar-refractivity contribution is 6.01.